The van der Waals surface area contributed by atoms with Gasteiger partial charge in [-0.05, 0) is 24.6 Å². The summed E-state index contributed by atoms with van der Waals surface area (Å²) >= 11 is 12.1. The standard InChI is InChI=1S/C15H17Cl2F2N3O2/c1-8(10-5-4-9(16)6-12(10)17)22(24-3)15(23)11-7-21(2)20-13(11)14(18)19/h4-8,14-15,23H,1-3H3. The van der Waals surface area contributed by atoms with Crippen LogP contribution in [0.15, 0.2) is 24.4 Å². The van der Waals surface area contributed by atoms with E-state index in [0.29, 0.717) is 15.6 Å². The van der Waals surface area contributed by atoms with E-state index in [-0.39, 0.29) is 5.56 Å². The summed E-state index contributed by atoms with van der Waals surface area (Å²) < 4.78 is 27.5. The van der Waals surface area contributed by atoms with Crippen molar-refractivity contribution in [2.45, 2.75) is 25.6 Å². The zero-order valence-electron chi connectivity index (χ0n) is 13.3. The van der Waals surface area contributed by atoms with Gasteiger partial charge in [0.05, 0.1) is 13.2 Å². The van der Waals surface area contributed by atoms with Gasteiger partial charge in [0.25, 0.3) is 6.43 Å². The fourth-order valence-electron chi connectivity index (χ4n) is 2.48. The van der Waals surface area contributed by atoms with Crippen LogP contribution in [0.5, 0.6) is 0 Å². The summed E-state index contributed by atoms with van der Waals surface area (Å²) in [5.74, 6) is 0. The van der Waals surface area contributed by atoms with Crippen LogP contribution in [0.2, 0.25) is 10.0 Å². The molecule has 132 valence electrons. The molecule has 0 saturated carbocycles. The van der Waals surface area contributed by atoms with Gasteiger partial charge < -0.3 is 5.11 Å². The van der Waals surface area contributed by atoms with Crippen molar-refractivity contribution in [3.63, 3.8) is 0 Å². The first-order valence-electron chi connectivity index (χ1n) is 7.03. The molecule has 0 aliphatic carbocycles. The van der Waals surface area contributed by atoms with E-state index in [0.717, 1.165) is 5.06 Å². The van der Waals surface area contributed by atoms with Gasteiger partial charge in [0.1, 0.15) is 5.69 Å². The largest absolute Gasteiger partial charge is 0.372 e. The van der Waals surface area contributed by atoms with Crippen molar-refractivity contribution in [1.82, 2.24) is 14.8 Å². The van der Waals surface area contributed by atoms with Crippen LogP contribution in [-0.2, 0) is 11.9 Å². The molecule has 24 heavy (non-hydrogen) atoms. The minimum Gasteiger partial charge on any atom is -0.372 e. The highest BCUT2D eigenvalue weighted by Gasteiger charge is 2.31. The maximum atomic E-state index is 13.1. The predicted molar refractivity (Wildman–Crippen MR) is 86.8 cm³/mol. The van der Waals surface area contributed by atoms with Crippen LogP contribution in [-0.4, -0.2) is 27.1 Å². The number of hydrogen-bond acceptors (Lipinski definition) is 4. The zero-order valence-corrected chi connectivity index (χ0v) is 14.8. The number of hydrogen-bond donors (Lipinski definition) is 1. The smallest absolute Gasteiger partial charge is 0.282 e. The van der Waals surface area contributed by atoms with Crippen molar-refractivity contribution in [3.05, 3.63) is 51.3 Å². The molecule has 0 aliphatic heterocycles. The molecule has 0 saturated heterocycles. The molecular weight excluding hydrogens is 363 g/mol. The van der Waals surface area contributed by atoms with Crippen LogP contribution in [0.25, 0.3) is 0 Å². The second-order valence-electron chi connectivity index (χ2n) is 5.20. The molecule has 1 aromatic carbocycles. The quantitative estimate of drug-likeness (QED) is 0.601. The fraction of sp³-hybridized carbons (Fsp3) is 0.400. The summed E-state index contributed by atoms with van der Waals surface area (Å²) in [5.41, 5.74) is 0.0946. The Morgan fingerprint density at radius 3 is 2.50 bits per heavy atom. The Hall–Kier alpha value is -1.25. The van der Waals surface area contributed by atoms with E-state index in [4.69, 9.17) is 28.0 Å². The lowest BCUT2D eigenvalue weighted by molar-refractivity contribution is -0.247. The molecule has 1 aromatic heterocycles. The second kappa shape index (κ2) is 7.76. The van der Waals surface area contributed by atoms with Gasteiger partial charge in [0, 0.05) is 28.9 Å². The molecule has 2 aromatic rings. The normalized spacial score (nSPS) is 14.4. The van der Waals surface area contributed by atoms with Crippen molar-refractivity contribution < 1.29 is 18.7 Å². The number of alkyl halides is 2. The number of nitrogens with zero attached hydrogens (tertiary/aromatic N) is 3. The van der Waals surface area contributed by atoms with E-state index in [1.54, 1.807) is 25.1 Å². The summed E-state index contributed by atoms with van der Waals surface area (Å²) in [6.45, 7) is 1.72. The van der Waals surface area contributed by atoms with Gasteiger partial charge >= 0.3 is 0 Å². The van der Waals surface area contributed by atoms with Crippen LogP contribution in [0.3, 0.4) is 0 Å². The number of rotatable bonds is 6. The third kappa shape index (κ3) is 3.87. The summed E-state index contributed by atoms with van der Waals surface area (Å²) in [6.07, 6.45) is -2.94. The molecule has 1 heterocycles. The SMILES string of the molecule is CON(C(C)c1ccc(Cl)cc1Cl)C(O)c1cn(C)nc1C(F)F. The van der Waals surface area contributed by atoms with E-state index in [9.17, 15) is 13.9 Å². The van der Waals surface area contributed by atoms with Crippen molar-refractivity contribution in [1.29, 1.82) is 0 Å². The van der Waals surface area contributed by atoms with Crippen molar-refractivity contribution in [2.24, 2.45) is 7.05 Å². The summed E-state index contributed by atoms with van der Waals surface area (Å²) in [5, 5.41) is 16.2. The first-order valence-corrected chi connectivity index (χ1v) is 7.78. The molecule has 0 amide bonds. The van der Waals surface area contributed by atoms with Crippen LogP contribution in [0.4, 0.5) is 8.78 Å². The Morgan fingerprint density at radius 1 is 1.29 bits per heavy atom. The first-order chi connectivity index (χ1) is 11.3. The van der Waals surface area contributed by atoms with E-state index >= 15 is 0 Å². The molecule has 2 atom stereocenters. The van der Waals surface area contributed by atoms with Crippen LogP contribution in [0, 0.1) is 0 Å². The minimum absolute atomic E-state index is 0.0358. The molecule has 0 radical (unpaired) electrons. The number of aliphatic hydroxyl groups is 1. The topological polar surface area (TPSA) is 50.5 Å². The fourth-order valence-corrected chi connectivity index (χ4v) is 3.04. The molecular formula is C15H17Cl2F2N3O2. The first kappa shape index (κ1) is 19.1. The molecule has 9 heteroatoms. The van der Waals surface area contributed by atoms with Gasteiger partial charge in [-0.15, -0.1) is 5.06 Å². The molecule has 0 aliphatic rings. The minimum atomic E-state index is -2.82. The van der Waals surface area contributed by atoms with Gasteiger partial charge in [-0.3, -0.25) is 9.52 Å². The van der Waals surface area contributed by atoms with E-state index in [1.165, 1.54) is 25.0 Å². The Morgan fingerprint density at radius 2 is 1.96 bits per heavy atom. The highest BCUT2D eigenvalue weighted by Crippen LogP contribution is 2.36. The number of halogens is 4. The van der Waals surface area contributed by atoms with Crippen molar-refractivity contribution >= 4 is 23.2 Å². The predicted octanol–water partition coefficient (Wildman–Crippen LogP) is 4.28. The maximum absolute atomic E-state index is 13.1. The van der Waals surface area contributed by atoms with Gasteiger partial charge in [0.15, 0.2) is 6.23 Å². The zero-order chi connectivity index (χ0) is 18.0. The third-order valence-corrected chi connectivity index (χ3v) is 4.18. The van der Waals surface area contributed by atoms with Gasteiger partial charge in [-0.25, -0.2) is 8.78 Å². The second-order valence-corrected chi connectivity index (χ2v) is 6.05. The molecule has 5 nitrogen and oxygen atoms in total. The lowest BCUT2D eigenvalue weighted by Gasteiger charge is -2.31. The molecule has 2 rings (SSSR count). The Kier molecular flexibility index (Phi) is 6.17. The average molecular weight is 380 g/mol. The van der Waals surface area contributed by atoms with Crippen LogP contribution >= 0.6 is 23.2 Å². The monoisotopic (exact) mass is 379 g/mol. The maximum Gasteiger partial charge on any atom is 0.282 e. The average Bonchev–Trinajstić information content (AvgIpc) is 2.90. The number of aryl methyl sites for hydroxylation is 1. The Balaban J connectivity index is 2.36. The molecule has 0 spiro atoms. The lowest BCUT2D eigenvalue weighted by atomic mass is 10.1. The number of aliphatic hydroxyl groups excluding tert-OH is 1. The van der Waals surface area contributed by atoms with E-state index < -0.39 is 24.4 Å². The molecule has 2 unspecified atom stereocenters. The van der Waals surface area contributed by atoms with Crippen LogP contribution < -0.4 is 0 Å². The van der Waals surface area contributed by atoms with Gasteiger partial charge in [0.2, 0.25) is 0 Å². The Labute approximate surface area is 148 Å². The van der Waals surface area contributed by atoms with Crippen molar-refractivity contribution in [2.75, 3.05) is 7.11 Å². The molecule has 0 fully saturated rings. The van der Waals surface area contributed by atoms with Gasteiger partial charge in [-0.2, -0.15) is 5.10 Å². The number of benzene rings is 1. The molecule has 0 bridgehead atoms. The third-order valence-electron chi connectivity index (χ3n) is 3.62. The molecule has 1 N–H and O–H groups in total. The van der Waals surface area contributed by atoms with E-state index in [2.05, 4.69) is 5.10 Å². The van der Waals surface area contributed by atoms with E-state index in [1.807, 2.05) is 0 Å². The lowest BCUT2D eigenvalue weighted by Crippen LogP contribution is -2.31. The van der Waals surface area contributed by atoms with Gasteiger partial charge in [-0.1, -0.05) is 29.3 Å². The summed E-state index contributed by atoms with van der Waals surface area (Å²) in [7, 11) is 2.83. The highest BCUT2D eigenvalue weighted by molar-refractivity contribution is 6.35. The number of aromatic nitrogens is 2. The van der Waals surface area contributed by atoms with Crippen LogP contribution in [0.1, 0.15) is 42.4 Å². The highest BCUT2D eigenvalue weighted by atomic mass is 35.5. The number of hydroxylamine groups is 2. The Bertz CT molecular complexity index is 712. The summed E-state index contributed by atoms with van der Waals surface area (Å²) in [6, 6.07) is 4.36. The summed E-state index contributed by atoms with van der Waals surface area (Å²) in [4.78, 5) is 5.22. The van der Waals surface area contributed by atoms with Crippen molar-refractivity contribution in [3.8, 4) is 0 Å².